The molecular weight excluding hydrogens is 298 g/mol. The highest BCUT2D eigenvalue weighted by Gasteiger charge is 2.55. The van der Waals surface area contributed by atoms with Crippen molar-refractivity contribution in [1.29, 1.82) is 0 Å². The zero-order valence-corrected chi connectivity index (χ0v) is 14.2. The van der Waals surface area contributed by atoms with Crippen molar-refractivity contribution in [1.82, 2.24) is 14.9 Å². The van der Waals surface area contributed by atoms with E-state index < -0.39 is 0 Å². The number of hydrogen-bond donors (Lipinski definition) is 1. The summed E-state index contributed by atoms with van der Waals surface area (Å²) in [7, 11) is 0. The Kier molecular flexibility index (Phi) is 4.10. The zero-order valence-electron chi connectivity index (χ0n) is 14.2. The van der Waals surface area contributed by atoms with Gasteiger partial charge in [0, 0.05) is 36.4 Å². The number of aryl methyl sites for hydroxylation is 1. The summed E-state index contributed by atoms with van der Waals surface area (Å²) in [4.78, 5) is 11.5. The molecule has 0 unspecified atom stereocenters. The summed E-state index contributed by atoms with van der Waals surface area (Å²) in [5.74, 6) is 0. The second-order valence-electron chi connectivity index (χ2n) is 7.46. The van der Waals surface area contributed by atoms with Crippen LogP contribution in [0.25, 0.3) is 0 Å². The van der Waals surface area contributed by atoms with Crippen molar-refractivity contribution in [3.63, 3.8) is 0 Å². The number of aromatic nitrogens is 2. The highest BCUT2D eigenvalue weighted by atomic mass is 16.3. The van der Waals surface area contributed by atoms with Gasteiger partial charge in [0.05, 0.1) is 18.0 Å². The molecule has 4 nitrogen and oxygen atoms in total. The number of rotatable bonds is 5. The molecule has 24 heavy (non-hydrogen) atoms. The van der Waals surface area contributed by atoms with Gasteiger partial charge >= 0.3 is 0 Å². The van der Waals surface area contributed by atoms with E-state index in [1.54, 1.807) is 0 Å². The third kappa shape index (κ3) is 2.74. The summed E-state index contributed by atoms with van der Waals surface area (Å²) in [6.45, 7) is 3.07. The van der Waals surface area contributed by atoms with Crippen LogP contribution in [0.2, 0.25) is 0 Å². The van der Waals surface area contributed by atoms with Gasteiger partial charge in [0.2, 0.25) is 0 Å². The van der Waals surface area contributed by atoms with Gasteiger partial charge in [-0.2, -0.15) is 0 Å². The Bertz CT molecular complexity index is 688. The summed E-state index contributed by atoms with van der Waals surface area (Å²) in [5.41, 5.74) is 3.31. The third-order valence-electron chi connectivity index (χ3n) is 5.88. The molecule has 1 aromatic carbocycles. The normalized spacial score (nSPS) is 29.2. The van der Waals surface area contributed by atoms with E-state index in [9.17, 15) is 5.11 Å². The first-order valence-corrected chi connectivity index (χ1v) is 8.88. The maximum Gasteiger partial charge on any atom is 0.0727 e. The average molecular weight is 323 g/mol. The van der Waals surface area contributed by atoms with Crippen LogP contribution in [0, 0.1) is 12.3 Å². The molecule has 2 fully saturated rings. The lowest BCUT2D eigenvalue weighted by Gasteiger charge is -2.36. The first-order chi connectivity index (χ1) is 11.7. The number of hydrogen-bond acceptors (Lipinski definition) is 4. The summed E-state index contributed by atoms with van der Waals surface area (Å²) >= 11 is 0. The van der Waals surface area contributed by atoms with E-state index in [1.807, 2.05) is 19.3 Å². The highest BCUT2D eigenvalue weighted by Crippen LogP contribution is 2.51. The molecule has 0 saturated carbocycles. The second kappa shape index (κ2) is 6.26. The van der Waals surface area contributed by atoms with E-state index in [4.69, 9.17) is 0 Å². The fourth-order valence-corrected chi connectivity index (χ4v) is 4.76. The minimum Gasteiger partial charge on any atom is -0.396 e. The topological polar surface area (TPSA) is 49.2 Å². The quantitative estimate of drug-likeness (QED) is 0.919. The Morgan fingerprint density at radius 3 is 2.71 bits per heavy atom. The van der Waals surface area contributed by atoms with Gasteiger partial charge in [-0.05, 0) is 38.2 Å². The van der Waals surface area contributed by atoms with Crippen LogP contribution in [0.4, 0.5) is 0 Å². The number of nitrogens with zero attached hydrogens (tertiary/aromatic N) is 3. The summed E-state index contributed by atoms with van der Waals surface area (Å²) in [6, 6.07) is 11.6. The summed E-state index contributed by atoms with van der Waals surface area (Å²) in [5, 5.41) is 10.3. The van der Waals surface area contributed by atoms with Gasteiger partial charge in [0.1, 0.15) is 0 Å². The minimum absolute atomic E-state index is 0.0115. The summed E-state index contributed by atoms with van der Waals surface area (Å²) < 4.78 is 0. The first kappa shape index (κ1) is 15.7. The molecule has 0 spiro atoms. The Balaban J connectivity index is 1.55. The Morgan fingerprint density at radius 1 is 1.17 bits per heavy atom. The Morgan fingerprint density at radius 2 is 2.00 bits per heavy atom. The Labute approximate surface area is 143 Å². The van der Waals surface area contributed by atoms with Crippen LogP contribution in [0.3, 0.4) is 0 Å². The van der Waals surface area contributed by atoms with Crippen LogP contribution in [-0.4, -0.2) is 38.7 Å². The van der Waals surface area contributed by atoms with E-state index in [-0.39, 0.29) is 12.0 Å². The van der Waals surface area contributed by atoms with Crippen LogP contribution >= 0.6 is 0 Å². The lowest BCUT2D eigenvalue weighted by Crippen LogP contribution is -2.41. The fourth-order valence-electron chi connectivity index (χ4n) is 4.76. The molecule has 0 aliphatic carbocycles. The summed E-state index contributed by atoms with van der Waals surface area (Å²) in [6.07, 6.45) is 8.20. The SMILES string of the molecule is Cc1cnc(CN2[C@@H]3CC[C@H]2[C@](CO)(Cc2ccccc2)C3)cn1. The maximum atomic E-state index is 10.3. The molecule has 0 radical (unpaired) electrons. The van der Waals surface area contributed by atoms with Crippen LogP contribution in [-0.2, 0) is 13.0 Å². The number of aliphatic hydroxyl groups is 1. The molecular formula is C20H25N3O. The van der Waals surface area contributed by atoms with Gasteiger partial charge < -0.3 is 5.11 Å². The minimum atomic E-state index is -0.0115. The molecule has 1 aromatic heterocycles. The predicted molar refractivity (Wildman–Crippen MR) is 93.4 cm³/mol. The first-order valence-electron chi connectivity index (χ1n) is 8.88. The molecule has 3 atom stereocenters. The van der Waals surface area contributed by atoms with Crippen LogP contribution in [0.5, 0.6) is 0 Å². The predicted octanol–water partition coefficient (Wildman–Crippen LogP) is 2.74. The van der Waals surface area contributed by atoms with E-state index in [0.717, 1.165) is 30.8 Å². The molecule has 0 amide bonds. The smallest absolute Gasteiger partial charge is 0.0727 e. The molecule has 2 aromatic rings. The molecule has 2 aliphatic rings. The Hall–Kier alpha value is -1.78. The van der Waals surface area contributed by atoms with Crippen LogP contribution in [0.15, 0.2) is 42.7 Å². The number of benzene rings is 1. The van der Waals surface area contributed by atoms with Crippen molar-refractivity contribution in [3.8, 4) is 0 Å². The van der Waals surface area contributed by atoms with Crippen molar-refractivity contribution in [2.24, 2.45) is 5.41 Å². The van der Waals surface area contributed by atoms with E-state index in [1.165, 1.54) is 18.4 Å². The lowest BCUT2D eigenvalue weighted by atomic mass is 9.70. The van der Waals surface area contributed by atoms with Crippen molar-refractivity contribution in [3.05, 3.63) is 59.7 Å². The zero-order chi connectivity index (χ0) is 16.6. The van der Waals surface area contributed by atoms with Crippen molar-refractivity contribution in [2.75, 3.05) is 6.61 Å². The van der Waals surface area contributed by atoms with Gasteiger partial charge in [0.15, 0.2) is 0 Å². The molecule has 2 saturated heterocycles. The van der Waals surface area contributed by atoms with Crippen molar-refractivity contribution < 1.29 is 5.11 Å². The van der Waals surface area contributed by atoms with Crippen LogP contribution < -0.4 is 0 Å². The molecule has 126 valence electrons. The second-order valence-corrected chi connectivity index (χ2v) is 7.46. The van der Waals surface area contributed by atoms with Gasteiger partial charge in [0.25, 0.3) is 0 Å². The average Bonchev–Trinajstić information content (AvgIpc) is 3.13. The number of aliphatic hydroxyl groups excluding tert-OH is 1. The van der Waals surface area contributed by atoms with Gasteiger partial charge in [-0.25, -0.2) is 0 Å². The molecule has 4 rings (SSSR count). The molecule has 4 heteroatoms. The monoisotopic (exact) mass is 323 g/mol. The maximum absolute atomic E-state index is 10.3. The molecule has 2 bridgehead atoms. The largest absolute Gasteiger partial charge is 0.396 e. The van der Waals surface area contributed by atoms with E-state index in [2.05, 4.69) is 45.2 Å². The van der Waals surface area contributed by atoms with E-state index >= 15 is 0 Å². The van der Waals surface area contributed by atoms with Crippen LogP contribution in [0.1, 0.15) is 36.2 Å². The lowest BCUT2D eigenvalue weighted by molar-refractivity contribution is 0.0747. The van der Waals surface area contributed by atoms with Gasteiger partial charge in [-0.15, -0.1) is 0 Å². The fraction of sp³-hybridized carbons (Fsp3) is 0.500. The van der Waals surface area contributed by atoms with Gasteiger partial charge in [-0.3, -0.25) is 14.9 Å². The molecule has 3 heterocycles. The van der Waals surface area contributed by atoms with Crippen molar-refractivity contribution >= 4 is 0 Å². The van der Waals surface area contributed by atoms with Gasteiger partial charge in [-0.1, -0.05) is 30.3 Å². The number of fused-ring (bicyclic) bond motifs is 2. The van der Waals surface area contributed by atoms with Crippen molar-refractivity contribution in [2.45, 2.75) is 51.2 Å². The highest BCUT2D eigenvalue weighted by molar-refractivity contribution is 5.21. The standard InChI is InChI=1S/C20H25N3O/c1-15-11-22-17(12-21-15)13-23-18-7-8-19(23)20(10-18,14-24)9-16-5-3-2-4-6-16/h2-6,11-12,18-19,24H,7-10,13-14H2,1H3/t18-,19+,20-/m1/s1. The molecule has 2 aliphatic heterocycles. The van der Waals surface area contributed by atoms with E-state index in [0.29, 0.717) is 12.1 Å². The third-order valence-corrected chi connectivity index (χ3v) is 5.88. The molecule has 1 N–H and O–H groups in total.